The largest absolute Gasteiger partial charge is 0.481 e. The number of carboxylic acid groups (broad SMARTS) is 1. The maximum Gasteiger partial charge on any atom is 0.311 e. The SMILES string of the molecule is CC(C)CC(CN)(Cc1ccccc1)C(=O)O. The average molecular weight is 235 g/mol. The molecule has 0 amide bonds. The van der Waals surface area contributed by atoms with E-state index in [1.165, 1.54) is 0 Å². The van der Waals surface area contributed by atoms with Crippen LogP contribution in [0.5, 0.6) is 0 Å². The fraction of sp³-hybridized carbons (Fsp3) is 0.500. The van der Waals surface area contributed by atoms with Crippen LogP contribution in [0.2, 0.25) is 0 Å². The zero-order valence-electron chi connectivity index (χ0n) is 10.5. The van der Waals surface area contributed by atoms with Gasteiger partial charge >= 0.3 is 5.97 Å². The Hall–Kier alpha value is -1.35. The van der Waals surface area contributed by atoms with E-state index in [0.717, 1.165) is 5.56 Å². The Balaban J connectivity index is 2.94. The number of rotatable bonds is 6. The van der Waals surface area contributed by atoms with Crippen LogP contribution in [0.1, 0.15) is 25.8 Å². The molecule has 1 aromatic rings. The summed E-state index contributed by atoms with van der Waals surface area (Å²) in [5.41, 5.74) is 5.91. The maximum absolute atomic E-state index is 11.5. The topological polar surface area (TPSA) is 63.3 Å². The molecule has 1 rings (SSSR count). The van der Waals surface area contributed by atoms with Crippen LogP contribution in [-0.4, -0.2) is 17.6 Å². The van der Waals surface area contributed by atoms with E-state index in [4.69, 9.17) is 5.73 Å². The van der Waals surface area contributed by atoms with Gasteiger partial charge in [0.1, 0.15) is 0 Å². The van der Waals surface area contributed by atoms with Crippen LogP contribution in [0.4, 0.5) is 0 Å². The van der Waals surface area contributed by atoms with Gasteiger partial charge in [0.2, 0.25) is 0 Å². The minimum absolute atomic E-state index is 0.176. The molecule has 1 unspecified atom stereocenters. The van der Waals surface area contributed by atoms with E-state index in [0.29, 0.717) is 18.8 Å². The highest BCUT2D eigenvalue weighted by molar-refractivity contribution is 5.75. The number of hydrogen-bond donors (Lipinski definition) is 2. The van der Waals surface area contributed by atoms with E-state index in [9.17, 15) is 9.90 Å². The first-order valence-corrected chi connectivity index (χ1v) is 5.97. The standard InChI is InChI=1S/C14H21NO2/c1-11(2)8-14(10-15,13(16)17)9-12-6-4-3-5-7-12/h3-7,11H,8-10,15H2,1-2H3,(H,16,17). The number of hydrogen-bond acceptors (Lipinski definition) is 2. The van der Waals surface area contributed by atoms with E-state index in [1.54, 1.807) is 0 Å². The number of nitrogens with two attached hydrogens (primary N) is 1. The lowest BCUT2D eigenvalue weighted by atomic mass is 9.75. The molecule has 3 heteroatoms. The molecule has 0 saturated carbocycles. The van der Waals surface area contributed by atoms with Crippen molar-refractivity contribution < 1.29 is 9.90 Å². The van der Waals surface area contributed by atoms with Gasteiger partial charge in [-0.25, -0.2) is 0 Å². The van der Waals surface area contributed by atoms with Crippen molar-refractivity contribution in [2.45, 2.75) is 26.7 Å². The summed E-state index contributed by atoms with van der Waals surface area (Å²) >= 11 is 0. The molecule has 3 N–H and O–H groups in total. The summed E-state index contributed by atoms with van der Waals surface area (Å²) in [6.07, 6.45) is 1.10. The number of benzene rings is 1. The van der Waals surface area contributed by atoms with Crippen molar-refractivity contribution in [3.05, 3.63) is 35.9 Å². The van der Waals surface area contributed by atoms with Gasteiger partial charge in [-0.15, -0.1) is 0 Å². The molecule has 0 radical (unpaired) electrons. The molecule has 0 spiro atoms. The Kier molecular flexibility index (Phi) is 4.70. The Morgan fingerprint density at radius 3 is 2.35 bits per heavy atom. The zero-order chi connectivity index (χ0) is 12.9. The number of aliphatic carboxylic acids is 1. The fourth-order valence-corrected chi connectivity index (χ4v) is 2.25. The van der Waals surface area contributed by atoms with Crippen molar-refractivity contribution in [1.82, 2.24) is 0 Å². The summed E-state index contributed by atoms with van der Waals surface area (Å²) < 4.78 is 0. The summed E-state index contributed by atoms with van der Waals surface area (Å²) in [5, 5.41) is 9.45. The summed E-state index contributed by atoms with van der Waals surface area (Å²) in [4.78, 5) is 11.5. The molecular formula is C14H21NO2. The molecule has 1 aromatic carbocycles. The molecular weight excluding hydrogens is 214 g/mol. The molecule has 0 fully saturated rings. The van der Waals surface area contributed by atoms with Crippen LogP contribution in [0.3, 0.4) is 0 Å². The van der Waals surface area contributed by atoms with Crippen LogP contribution in [0.25, 0.3) is 0 Å². The Morgan fingerprint density at radius 1 is 1.35 bits per heavy atom. The van der Waals surface area contributed by atoms with Gasteiger partial charge in [0.05, 0.1) is 5.41 Å². The Bertz CT molecular complexity index is 362. The normalized spacial score (nSPS) is 14.6. The number of carbonyl (C=O) groups is 1. The monoisotopic (exact) mass is 235 g/mol. The van der Waals surface area contributed by atoms with Gasteiger partial charge < -0.3 is 10.8 Å². The third-order valence-electron chi connectivity index (χ3n) is 3.03. The molecule has 1 atom stereocenters. The summed E-state index contributed by atoms with van der Waals surface area (Å²) in [7, 11) is 0. The third kappa shape index (κ3) is 3.56. The molecule has 0 bridgehead atoms. The second kappa shape index (κ2) is 5.82. The van der Waals surface area contributed by atoms with Gasteiger partial charge in [0, 0.05) is 6.54 Å². The Morgan fingerprint density at radius 2 is 1.94 bits per heavy atom. The zero-order valence-corrected chi connectivity index (χ0v) is 10.5. The third-order valence-corrected chi connectivity index (χ3v) is 3.03. The Labute approximate surface area is 103 Å². The lowest BCUT2D eigenvalue weighted by Crippen LogP contribution is -2.41. The van der Waals surface area contributed by atoms with E-state index in [1.807, 2.05) is 44.2 Å². The van der Waals surface area contributed by atoms with E-state index in [-0.39, 0.29) is 6.54 Å². The van der Waals surface area contributed by atoms with E-state index in [2.05, 4.69) is 0 Å². The van der Waals surface area contributed by atoms with Crippen molar-refractivity contribution in [3.63, 3.8) is 0 Å². The second-order valence-corrected chi connectivity index (χ2v) is 5.05. The quantitative estimate of drug-likeness (QED) is 0.795. The second-order valence-electron chi connectivity index (χ2n) is 5.05. The first-order chi connectivity index (χ1) is 8.00. The van der Waals surface area contributed by atoms with Crippen molar-refractivity contribution in [2.24, 2.45) is 17.1 Å². The van der Waals surface area contributed by atoms with Crippen LogP contribution in [0.15, 0.2) is 30.3 Å². The van der Waals surface area contributed by atoms with Crippen molar-refractivity contribution >= 4 is 5.97 Å². The first kappa shape index (κ1) is 13.7. The molecule has 0 aromatic heterocycles. The average Bonchev–Trinajstić information content (AvgIpc) is 2.28. The highest BCUT2D eigenvalue weighted by Crippen LogP contribution is 2.30. The van der Waals surface area contributed by atoms with Crippen LogP contribution in [0, 0.1) is 11.3 Å². The smallest absolute Gasteiger partial charge is 0.311 e. The van der Waals surface area contributed by atoms with Gasteiger partial charge in [-0.3, -0.25) is 4.79 Å². The predicted molar refractivity (Wildman–Crippen MR) is 68.7 cm³/mol. The van der Waals surface area contributed by atoms with Gasteiger partial charge in [-0.1, -0.05) is 44.2 Å². The lowest BCUT2D eigenvalue weighted by molar-refractivity contribution is -0.149. The summed E-state index contributed by atoms with van der Waals surface area (Å²) in [6, 6.07) is 9.68. The maximum atomic E-state index is 11.5. The highest BCUT2D eigenvalue weighted by atomic mass is 16.4. The molecule has 0 heterocycles. The molecule has 0 aliphatic rings. The van der Waals surface area contributed by atoms with Gasteiger partial charge in [0.25, 0.3) is 0 Å². The summed E-state index contributed by atoms with van der Waals surface area (Å²) in [6.45, 7) is 4.23. The molecule has 0 aliphatic heterocycles. The summed E-state index contributed by atoms with van der Waals surface area (Å²) in [5.74, 6) is -0.476. The first-order valence-electron chi connectivity index (χ1n) is 5.97. The molecule has 17 heavy (non-hydrogen) atoms. The van der Waals surface area contributed by atoms with Gasteiger partial charge in [0.15, 0.2) is 0 Å². The highest BCUT2D eigenvalue weighted by Gasteiger charge is 2.37. The lowest BCUT2D eigenvalue weighted by Gasteiger charge is -2.29. The minimum Gasteiger partial charge on any atom is -0.481 e. The predicted octanol–water partition coefficient (Wildman–Crippen LogP) is 2.30. The van der Waals surface area contributed by atoms with Crippen molar-refractivity contribution in [2.75, 3.05) is 6.54 Å². The fourth-order valence-electron chi connectivity index (χ4n) is 2.25. The van der Waals surface area contributed by atoms with Crippen molar-refractivity contribution in [1.29, 1.82) is 0 Å². The van der Waals surface area contributed by atoms with Crippen LogP contribution in [-0.2, 0) is 11.2 Å². The van der Waals surface area contributed by atoms with Crippen LogP contribution < -0.4 is 5.73 Å². The van der Waals surface area contributed by atoms with Gasteiger partial charge in [-0.2, -0.15) is 0 Å². The van der Waals surface area contributed by atoms with Crippen molar-refractivity contribution in [3.8, 4) is 0 Å². The molecule has 3 nitrogen and oxygen atoms in total. The van der Waals surface area contributed by atoms with E-state index >= 15 is 0 Å². The minimum atomic E-state index is -0.838. The van der Waals surface area contributed by atoms with E-state index < -0.39 is 11.4 Å². The molecule has 94 valence electrons. The van der Waals surface area contributed by atoms with Crippen LogP contribution >= 0.6 is 0 Å². The molecule has 0 aliphatic carbocycles. The number of carboxylic acids is 1. The molecule has 0 saturated heterocycles. The van der Waals surface area contributed by atoms with Gasteiger partial charge in [-0.05, 0) is 24.3 Å².